The van der Waals surface area contributed by atoms with Crippen molar-refractivity contribution in [3.8, 4) is 17.6 Å². The first kappa shape index (κ1) is 21.7. The van der Waals surface area contributed by atoms with Crippen molar-refractivity contribution in [2.75, 3.05) is 7.11 Å². The van der Waals surface area contributed by atoms with Crippen molar-refractivity contribution in [2.24, 2.45) is 0 Å². The minimum absolute atomic E-state index is 0.0165. The number of carbonyl (C=O) groups is 1. The lowest BCUT2D eigenvalue weighted by molar-refractivity contribution is -0.117. The van der Waals surface area contributed by atoms with Crippen molar-refractivity contribution in [2.45, 2.75) is 19.6 Å². The van der Waals surface area contributed by atoms with Crippen molar-refractivity contribution >= 4 is 12.0 Å². The fourth-order valence-corrected chi connectivity index (χ4v) is 3.04. The van der Waals surface area contributed by atoms with Crippen LogP contribution in [0, 0.1) is 11.3 Å². The van der Waals surface area contributed by atoms with Crippen LogP contribution in [0.5, 0.6) is 11.5 Å². The van der Waals surface area contributed by atoms with Gasteiger partial charge in [-0.1, -0.05) is 66.7 Å². The van der Waals surface area contributed by atoms with Crippen molar-refractivity contribution in [3.63, 3.8) is 0 Å². The minimum Gasteiger partial charge on any atom is -0.493 e. The zero-order chi connectivity index (χ0) is 22.1. The van der Waals surface area contributed by atoms with Gasteiger partial charge in [-0.3, -0.25) is 4.79 Å². The summed E-state index contributed by atoms with van der Waals surface area (Å²) in [7, 11) is 1.55. The van der Waals surface area contributed by atoms with E-state index >= 15 is 0 Å². The molecule has 0 aromatic heterocycles. The summed E-state index contributed by atoms with van der Waals surface area (Å²) in [4.78, 5) is 12.6. The maximum Gasteiger partial charge on any atom is 0.262 e. The molecule has 156 valence electrons. The predicted molar refractivity (Wildman–Crippen MR) is 120 cm³/mol. The van der Waals surface area contributed by atoms with Gasteiger partial charge in [0.1, 0.15) is 18.2 Å². The largest absolute Gasteiger partial charge is 0.493 e. The molecule has 1 N–H and O–H groups in total. The van der Waals surface area contributed by atoms with E-state index in [1.165, 1.54) is 6.08 Å². The highest BCUT2D eigenvalue weighted by atomic mass is 16.5. The van der Waals surface area contributed by atoms with Crippen LogP contribution in [-0.4, -0.2) is 13.0 Å². The zero-order valence-corrected chi connectivity index (χ0v) is 17.5. The number of nitrogens with one attached hydrogen (secondary N) is 1. The highest BCUT2D eigenvalue weighted by Crippen LogP contribution is 2.29. The van der Waals surface area contributed by atoms with E-state index in [1.54, 1.807) is 25.3 Å². The maximum absolute atomic E-state index is 12.6. The maximum atomic E-state index is 12.6. The molecule has 31 heavy (non-hydrogen) atoms. The molecule has 0 unspecified atom stereocenters. The van der Waals surface area contributed by atoms with Gasteiger partial charge in [0, 0.05) is 0 Å². The highest BCUT2D eigenvalue weighted by Gasteiger charge is 2.14. The third kappa shape index (κ3) is 5.97. The van der Waals surface area contributed by atoms with Crippen LogP contribution in [0.3, 0.4) is 0 Å². The number of benzene rings is 3. The van der Waals surface area contributed by atoms with Gasteiger partial charge in [0.2, 0.25) is 0 Å². The topological polar surface area (TPSA) is 71.3 Å². The van der Waals surface area contributed by atoms with E-state index in [0.29, 0.717) is 23.7 Å². The molecule has 1 amide bonds. The number of rotatable bonds is 8. The van der Waals surface area contributed by atoms with Gasteiger partial charge in [-0.25, -0.2) is 0 Å². The van der Waals surface area contributed by atoms with E-state index < -0.39 is 5.91 Å². The molecular formula is C26H24N2O3. The number of amides is 1. The van der Waals surface area contributed by atoms with Crippen LogP contribution in [0.25, 0.3) is 6.08 Å². The van der Waals surface area contributed by atoms with Crippen LogP contribution < -0.4 is 14.8 Å². The Morgan fingerprint density at radius 2 is 1.71 bits per heavy atom. The molecule has 3 rings (SSSR count). The molecule has 0 saturated carbocycles. The number of hydrogen-bond donors (Lipinski definition) is 1. The van der Waals surface area contributed by atoms with E-state index in [2.05, 4.69) is 5.32 Å². The quantitative estimate of drug-likeness (QED) is 0.415. The van der Waals surface area contributed by atoms with Gasteiger partial charge in [0.05, 0.1) is 13.2 Å². The first-order valence-electron chi connectivity index (χ1n) is 9.93. The third-order valence-corrected chi connectivity index (χ3v) is 4.75. The Bertz CT molecular complexity index is 1090. The van der Waals surface area contributed by atoms with E-state index in [-0.39, 0.29) is 11.6 Å². The fraction of sp³-hybridized carbons (Fsp3) is 0.154. The first-order valence-corrected chi connectivity index (χ1v) is 9.93. The Balaban J connectivity index is 1.72. The Morgan fingerprint density at radius 3 is 2.35 bits per heavy atom. The average Bonchev–Trinajstić information content (AvgIpc) is 2.82. The van der Waals surface area contributed by atoms with E-state index in [0.717, 1.165) is 11.1 Å². The molecule has 1 atom stereocenters. The van der Waals surface area contributed by atoms with Crippen LogP contribution in [0.15, 0.2) is 84.4 Å². The van der Waals surface area contributed by atoms with Crippen molar-refractivity contribution in [1.29, 1.82) is 5.26 Å². The van der Waals surface area contributed by atoms with Crippen molar-refractivity contribution < 1.29 is 14.3 Å². The monoisotopic (exact) mass is 412 g/mol. The summed E-state index contributed by atoms with van der Waals surface area (Å²) in [5.41, 5.74) is 2.70. The standard InChI is InChI=1S/C26H24N2O3/c1-19(22-11-7-4-8-12-22)28-26(29)23(17-27)15-21-13-14-24(25(16-21)30-2)31-18-20-9-5-3-6-10-20/h3-16,19H,18H2,1-2H3,(H,28,29)/b23-15+/t19-/m1/s1. The number of hydrogen-bond acceptors (Lipinski definition) is 4. The molecule has 5 nitrogen and oxygen atoms in total. The van der Waals surface area contributed by atoms with Gasteiger partial charge in [0.25, 0.3) is 5.91 Å². The number of carbonyl (C=O) groups excluding carboxylic acids is 1. The molecule has 0 aliphatic carbocycles. The number of ether oxygens (including phenoxy) is 2. The van der Waals surface area contributed by atoms with Crippen LogP contribution in [0.2, 0.25) is 0 Å². The Kier molecular flexibility index (Phi) is 7.45. The van der Waals surface area contributed by atoms with Crippen LogP contribution in [0.4, 0.5) is 0 Å². The summed E-state index contributed by atoms with van der Waals surface area (Å²) in [6, 6.07) is 26.5. The molecule has 0 spiro atoms. The normalized spacial score (nSPS) is 11.8. The summed E-state index contributed by atoms with van der Waals surface area (Å²) in [6.07, 6.45) is 1.54. The lowest BCUT2D eigenvalue weighted by Gasteiger charge is -2.14. The SMILES string of the molecule is COc1cc(/C=C(\C#N)C(=O)N[C@H](C)c2ccccc2)ccc1OCc1ccccc1. The Hall–Kier alpha value is -4.04. The van der Waals surface area contributed by atoms with E-state index in [9.17, 15) is 10.1 Å². The second-order valence-electron chi connectivity index (χ2n) is 6.96. The summed E-state index contributed by atoms with van der Waals surface area (Å²) < 4.78 is 11.3. The summed E-state index contributed by atoms with van der Waals surface area (Å²) >= 11 is 0. The van der Waals surface area contributed by atoms with Gasteiger partial charge in [-0.2, -0.15) is 5.26 Å². The van der Waals surface area contributed by atoms with Gasteiger partial charge < -0.3 is 14.8 Å². The Labute approximate surface area is 182 Å². The van der Waals surface area contributed by atoms with Gasteiger partial charge in [0.15, 0.2) is 11.5 Å². The molecule has 5 heteroatoms. The second-order valence-corrected chi connectivity index (χ2v) is 6.96. The van der Waals surface area contributed by atoms with Crippen LogP contribution in [-0.2, 0) is 11.4 Å². The molecule has 0 aliphatic heterocycles. The molecule has 0 fully saturated rings. The molecule has 3 aromatic carbocycles. The summed E-state index contributed by atoms with van der Waals surface area (Å²) in [5.74, 6) is 0.686. The molecule has 0 aliphatic rings. The molecular weight excluding hydrogens is 388 g/mol. The Morgan fingerprint density at radius 1 is 1.03 bits per heavy atom. The molecule has 0 saturated heterocycles. The number of nitriles is 1. The minimum atomic E-state index is -0.428. The molecule has 0 bridgehead atoms. The zero-order valence-electron chi connectivity index (χ0n) is 17.5. The predicted octanol–water partition coefficient (Wildman–Crippen LogP) is 5.06. The van der Waals surface area contributed by atoms with Gasteiger partial charge in [-0.15, -0.1) is 0 Å². The molecule has 0 radical (unpaired) electrons. The van der Waals surface area contributed by atoms with Crippen molar-refractivity contribution in [3.05, 3.63) is 101 Å². The van der Waals surface area contributed by atoms with Crippen LogP contribution in [0.1, 0.15) is 29.7 Å². The van der Waals surface area contributed by atoms with Crippen LogP contribution >= 0.6 is 0 Å². The van der Waals surface area contributed by atoms with Crippen molar-refractivity contribution in [1.82, 2.24) is 5.32 Å². The second kappa shape index (κ2) is 10.7. The third-order valence-electron chi connectivity index (χ3n) is 4.75. The summed E-state index contributed by atoms with van der Waals surface area (Å²) in [5, 5.41) is 12.4. The summed E-state index contributed by atoms with van der Waals surface area (Å²) in [6.45, 7) is 2.29. The highest BCUT2D eigenvalue weighted by molar-refractivity contribution is 6.01. The van der Waals surface area contributed by atoms with E-state index in [4.69, 9.17) is 9.47 Å². The number of methoxy groups -OCH3 is 1. The van der Waals surface area contributed by atoms with Gasteiger partial charge in [-0.05, 0) is 41.8 Å². The fourth-order valence-electron chi connectivity index (χ4n) is 3.04. The van der Waals surface area contributed by atoms with Gasteiger partial charge >= 0.3 is 0 Å². The first-order chi connectivity index (χ1) is 15.1. The smallest absolute Gasteiger partial charge is 0.262 e. The molecule has 3 aromatic rings. The number of nitrogens with zero attached hydrogens (tertiary/aromatic N) is 1. The van der Waals surface area contributed by atoms with E-state index in [1.807, 2.05) is 73.7 Å². The molecule has 0 heterocycles. The lowest BCUT2D eigenvalue weighted by atomic mass is 10.1. The lowest BCUT2D eigenvalue weighted by Crippen LogP contribution is -2.27. The average molecular weight is 412 g/mol.